The maximum atomic E-state index is 5.74. The number of rotatable bonds is 9. The number of nitrogens with zero attached hydrogens (tertiary/aromatic N) is 1. The summed E-state index contributed by atoms with van der Waals surface area (Å²) in [5.74, 6) is 0. The van der Waals surface area contributed by atoms with Crippen LogP contribution in [-0.4, -0.2) is 24.8 Å². The van der Waals surface area contributed by atoms with Crippen LogP contribution in [0.5, 0.6) is 0 Å². The molecule has 0 radical (unpaired) electrons. The van der Waals surface area contributed by atoms with Crippen molar-refractivity contribution in [3.63, 3.8) is 0 Å². The summed E-state index contributed by atoms with van der Waals surface area (Å²) < 4.78 is 0. The van der Waals surface area contributed by atoms with Crippen LogP contribution in [-0.2, 0) is 4.84 Å². The highest BCUT2D eigenvalue weighted by Gasteiger charge is 2.09. The van der Waals surface area contributed by atoms with Crippen molar-refractivity contribution < 1.29 is 4.84 Å². The molecule has 1 heterocycles. The van der Waals surface area contributed by atoms with Crippen LogP contribution in [0.4, 0.5) is 0 Å². The van der Waals surface area contributed by atoms with Gasteiger partial charge < -0.3 is 0 Å². The zero-order valence-electron chi connectivity index (χ0n) is 11.0. The van der Waals surface area contributed by atoms with E-state index in [2.05, 4.69) is 12.0 Å². The summed E-state index contributed by atoms with van der Waals surface area (Å²) in [6.45, 7) is 5.51. The molecule has 1 aliphatic heterocycles. The van der Waals surface area contributed by atoms with E-state index in [0.29, 0.717) is 0 Å². The van der Waals surface area contributed by atoms with Crippen LogP contribution in [0, 0.1) is 0 Å². The van der Waals surface area contributed by atoms with Gasteiger partial charge in [-0.15, -0.1) is 0 Å². The van der Waals surface area contributed by atoms with Crippen LogP contribution in [0.15, 0.2) is 0 Å². The molecule has 2 nitrogen and oxygen atoms in total. The van der Waals surface area contributed by atoms with Crippen LogP contribution < -0.4 is 0 Å². The number of hydrogen-bond acceptors (Lipinski definition) is 2. The Hall–Kier alpha value is -0.0800. The van der Waals surface area contributed by atoms with Crippen molar-refractivity contribution in [2.75, 3.05) is 19.7 Å². The minimum atomic E-state index is 0.938. The summed E-state index contributed by atoms with van der Waals surface area (Å²) >= 11 is 0. The minimum Gasteiger partial charge on any atom is -0.299 e. The molecule has 1 rings (SSSR count). The average Bonchev–Trinajstić information content (AvgIpc) is 2.34. The second-order valence-electron chi connectivity index (χ2n) is 4.94. The van der Waals surface area contributed by atoms with Crippen molar-refractivity contribution in [2.45, 2.75) is 71.1 Å². The van der Waals surface area contributed by atoms with E-state index in [1.807, 2.05) is 0 Å². The molecule has 0 aromatic rings. The summed E-state index contributed by atoms with van der Waals surface area (Å²) in [6.07, 6.45) is 13.6. The summed E-state index contributed by atoms with van der Waals surface area (Å²) in [4.78, 5) is 5.74. The second kappa shape index (κ2) is 10.1. The van der Waals surface area contributed by atoms with Crippen molar-refractivity contribution in [3.05, 3.63) is 0 Å². The molecule has 0 bridgehead atoms. The molecule has 0 aromatic heterocycles. The molecule has 2 heteroatoms. The van der Waals surface area contributed by atoms with E-state index >= 15 is 0 Å². The van der Waals surface area contributed by atoms with E-state index in [0.717, 1.165) is 19.7 Å². The van der Waals surface area contributed by atoms with Crippen LogP contribution in [0.2, 0.25) is 0 Å². The molecule has 0 saturated carbocycles. The Labute approximate surface area is 101 Å². The van der Waals surface area contributed by atoms with Crippen molar-refractivity contribution in [1.82, 2.24) is 5.06 Å². The van der Waals surface area contributed by atoms with Gasteiger partial charge in [0.2, 0.25) is 0 Å². The predicted octanol–water partition coefficient (Wildman–Crippen LogP) is 4.15. The van der Waals surface area contributed by atoms with Gasteiger partial charge in [0.25, 0.3) is 0 Å². The molecule has 0 unspecified atom stereocenters. The third-order valence-corrected chi connectivity index (χ3v) is 3.34. The van der Waals surface area contributed by atoms with E-state index < -0.39 is 0 Å². The fourth-order valence-electron chi connectivity index (χ4n) is 2.25. The summed E-state index contributed by atoms with van der Waals surface area (Å²) in [5, 5.41) is 2.17. The molecule has 1 saturated heterocycles. The lowest BCUT2D eigenvalue weighted by molar-refractivity contribution is -0.169. The topological polar surface area (TPSA) is 12.5 Å². The highest BCUT2D eigenvalue weighted by atomic mass is 16.7. The lowest BCUT2D eigenvalue weighted by Gasteiger charge is -2.25. The van der Waals surface area contributed by atoms with Gasteiger partial charge in [-0.05, 0) is 19.3 Å². The van der Waals surface area contributed by atoms with E-state index in [4.69, 9.17) is 4.84 Å². The summed E-state index contributed by atoms with van der Waals surface area (Å²) in [7, 11) is 0. The third kappa shape index (κ3) is 7.24. The maximum absolute atomic E-state index is 5.74. The molecule has 0 atom stereocenters. The van der Waals surface area contributed by atoms with Crippen molar-refractivity contribution >= 4 is 0 Å². The molecule has 1 fully saturated rings. The smallest absolute Gasteiger partial charge is 0.0685 e. The standard InChI is InChI=1S/C14H29NO/c1-2-3-4-5-6-7-11-14-16-15-12-9-8-10-13-15/h2-14H2,1H3. The Morgan fingerprint density at radius 3 is 2.12 bits per heavy atom. The normalized spacial score (nSPS) is 17.8. The van der Waals surface area contributed by atoms with Gasteiger partial charge in [-0.25, -0.2) is 0 Å². The summed E-state index contributed by atoms with van der Waals surface area (Å²) in [5.41, 5.74) is 0. The van der Waals surface area contributed by atoms with Gasteiger partial charge in [-0.2, -0.15) is 5.06 Å². The molecule has 0 aromatic carbocycles. The summed E-state index contributed by atoms with van der Waals surface area (Å²) in [6, 6.07) is 0. The fourth-order valence-corrected chi connectivity index (χ4v) is 2.25. The molecule has 0 spiro atoms. The monoisotopic (exact) mass is 227 g/mol. The van der Waals surface area contributed by atoms with Gasteiger partial charge >= 0.3 is 0 Å². The van der Waals surface area contributed by atoms with Crippen molar-refractivity contribution in [2.24, 2.45) is 0 Å². The molecule has 0 N–H and O–H groups in total. The van der Waals surface area contributed by atoms with Crippen LogP contribution in [0.3, 0.4) is 0 Å². The van der Waals surface area contributed by atoms with Crippen LogP contribution in [0.1, 0.15) is 71.1 Å². The van der Waals surface area contributed by atoms with E-state index in [9.17, 15) is 0 Å². The Balaban J connectivity index is 1.77. The van der Waals surface area contributed by atoms with Gasteiger partial charge in [0.05, 0.1) is 6.61 Å². The average molecular weight is 227 g/mol. The Kier molecular flexibility index (Phi) is 8.83. The van der Waals surface area contributed by atoms with E-state index in [1.165, 1.54) is 64.2 Å². The van der Waals surface area contributed by atoms with Crippen molar-refractivity contribution in [3.8, 4) is 0 Å². The number of hydroxylamine groups is 2. The predicted molar refractivity (Wildman–Crippen MR) is 69.4 cm³/mol. The SMILES string of the molecule is CCCCCCCCCON1CCCCC1. The zero-order valence-corrected chi connectivity index (χ0v) is 11.0. The Morgan fingerprint density at radius 2 is 1.44 bits per heavy atom. The number of piperidine rings is 1. The highest BCUT2D eigenvalue weighted by molar-refractivity contribution is 4.56. The van der Waals surface area contributed by atoms with Gasteiger partial charge in [-0.3, -0.25) is 4.84 Å². The first-order chi connectivity index (χ1) is 7.93. The van der Waals surface area contributed by atoms with E-state index in [-0.39, 0.29) is 0 Å². The van der Waals surface area contributed by atoms with Crippen LogP contribution in [0.25, 0.3) is 0 Å². The molecule has 0 aliphatic carbocycles. The second-order valence-corrected chi connectivity index (χ2v) is 4.94. The largest absolute Gasteiger partial charge is 0.299 e. The molecule has 1 aliphatic rings. The number of unbranched alkanes of at least 4 members (excludes halogenated alkanes) is 6. The lowest BCUT2D eigenvalue weighted by atomic mass is 10.1. The van der Waals surface area contributed by atoms with E-state index in [1.54, 1.807) is 0 Å². The van der Waals surface area contributed by atoms with Gasteiger partial charge in [0, 0.05) is 13.1 Å². The minimum absolute atomic E-state index is 0.938. The molecule has 16 heavy (non-hydrogen) atoms. The third-order valence-electron chi connectivity index (χ3n) is 3.34. The lowest BCUT2D eigenvalue weighted by Crippen LogP contribution is -2.30. The maximum Gasteiger partial charge on any atom is 0.0685 e. The fraction of sp³-hybridized carbons (Fsp3) is 1.00. The molecular formula is C14H29NO. The quantitative estimate of drug-likeness (QED) is 0.549. The number of hydrogen-bond donors (Lipinski definition) is 0. The van der Waals surface area contributed by atoms with Gasteiger partial charge in [-0.1, -0.05) is 51.9 Å². The van der Waals surface area contributed by atoms with Crippen LogP contribution >= 0.6 is 0 Å². The highest BCUT2D eigenvalue weighted by Crippen LogP contribution is 2.10. The molecule has 96 valence electrons. The van der Waals surface area contributed by atoms with Gasteiger partial charge in [0.15, 0.2) is 0 Å². The van der Waals surface area contributed by atoms with Gasteiger partial charge in [0.1, 0.15) is 0 Å². The van der Waals surface area contributed by atoms with Crippen molar-refractivity contribution in [1.29, 1.82) is 0 Å². The first-order valence-electron chi connectivity index (χ1n) is 7.31. The Morgan fingerprint density at radius 1 is 0.812 bits per heavy atom. The molecular weight excluding hydrogens is 198 g/mol. The molecule has 0 amide bonds. The first kappa shape index (κ1) is 14.0. The Bertz CT molecular complexity index is 144. The first-order valence-corrected chi connectivity index (χ1v) is 7.31. The zero-order chi connectivity index (χ0) is 11.5.